The highest BCUT2D eigenvalue weighted by atomic mass is 16.3. The maximum atomic E-state index is 11.9. The van der Waals surface area contributed by atoms with Crippen molar-refractivity contribution in [3.63, 3.8) is 0 Å². The molecule has 1 aliphatic rings. The third-order valence-electron chi connectivity index (χ3n) is 7.32. The third-order valence-corrected chi connectivity index (χ3v) is 7.32. The second-order valence-electron chi connectivity index (χ2n) is 9.82. The third kappa shape index (κ3) is 5.12. The van der Waals surface area contributed by atoms with Crippen LogP contribution in [0.3, 0.4) is 0 Å². The van der Waals surface area contributed by atoms with E-state index in [0.717, 1.165) is 66.6 Å². The minimum absolute atomic E-state index is 0.0972. The standard InChI is InChI=1S/C29H34N6O2/c1-3-6-25(30)27-9-5-8-26(33-27)21-15-23(20-11-13-34(14-12-20)19(2)37)24-17-31-35(28(24)16-21)29-10-4-7-22(18-36)32-29/h4-5,7-10,15-17,20,25,36H,3,6,11-14,18,30H2,1-2H3. The van der Waals surface area contributed by atoms with Crippen molar-refractivity contribution in [3.8, 4) is 17.1 Å². The van der Waals surface area contributed by atoms with Crippen molar-refractivity contribution in [3.05, 3.63) is 71.7 Å². The topological polar surface area (TPSA) is 110 Å². The van der Waals surface area contributed by atoms with Gasteiger partial charge in [-0.25, -0.2) is 9.67 Å². The van der Waals surface area contributed by atoms with Crippen LogP contribution in [0.1, 0.15) is 68.4 Å². The normalized spacial score (nSPS) is 15.3. The van der Waals surface area contributed by atoms with Crippen LogP contribution in [0.4, 0.5) is 0 Å². The molecule has 4 aromatic rings. The van der Waals surface area contributed by atoms with E-state index in [1.54, 1.807) is 13.0 Å². The molecule has 1 fully saturated rings. The van der Waals surface area contributed by atoms with Crippen LogP contribution in [0, 0.1) is 0 Å². The molecule has 192 valence electrons. The molecule has 5 rings (SSSR count). The number of hydrogen-bond donors (Lipinski definition) is 2. The average Bonchev–Trinajstić information content (AvgIpc) is 3.37. The number of piperidine rings is 1. The monoisotopic (exact) mass is 498 g/mol. The van der Waals surface area contributed by atoms with Crippen LogP contribution >= 0.6 is 0 Å². The Balaban J connectivity index is 1.63. The lowest BCUT2D eigenvalue weighted by molar-refractivity contribution is -0.129. The van der Waals surface area contributed by atoms with Gasteiger partial charge in [0.15, 0.2) is 5.82 Å². The summed E-state index contributed by atoms with van der Waals surface area (Å²) < 4.78 is 1.83. The van der Waals surface area contributed by atoms with Gasteiger partial charge in [-0.15, -0.1) is 0 Å². The number of aliphatic hydroxyl groups excluding tert-OH is 1. The SMILES string of the molecule is CCCC(N)c1cccc(-c2cc(C3CCN(C(C)=O)CC3)c3cnn(-c4cccc(CO)n4)c3c2)n1. The highest BCUT2D eigenvalue weighted by molar-refractivity contribution is 5.89. The summed E-state index contributed by atoms with van der Waals surface area (Å²) in [5.74, 6) is 1.09. The van der Waals surface area contributed by atoms with Crippen molar-refractivity contribution in [1.82, 2.24) is 24.6 Å². The molecule has 8 nitrogen and oxygen atoms in total. The number of likely N-dealkylation sites (tertiary alicyclic amines) is 1. The van der Waals surface area contributed by atoms with Gasteiger partial charge < -0.3 is 15.7 Å². The van der Waals surface area contributed by atoms with Crippen LogP contribution < -0.4 is 5.73 Å². The lowest BCUT2D eigenvalue weighted by Gasteiger charge is -2.32. The Labute approximate surface area is 217 Å². The zero-order valence-electron chi connectivity index (χ0n) is 21.5. The van der Waals surface area contributed by atoms with E-state index in [-0.39, 0.29) is 18.6 Å². The van der Waals surface area contributed by atoms with Gasteiger partial charge in [-0.3, -0.25) is 9.78 Å². The second-order valence-corrected chi connectivity index (χ2v) is 9.82. The Morgan fingerprint density at radius 1 is 1.14 bits per heavy atom. The van der Waals surface area contributed by atoms with Crippen molar-refractivity contribution < 1.29 is 9.90 Å². The number of pyridine rings is 2. The predicted molar refractivity (Wildman–Crippen MR) is 144 cm³/mol. The highest BCUT2D eigenvalue weighted by Gasteiger charge is 2.25. The van der Waals surface area contributed by atoms with Crippen LogP contribution in [0.5, 0.6) is 0 Å². The van der Waals surface area contributed by atoms with Crippen LogP contribution in [0.2, 0.25) is 0 Å². The number of benzene rings is 1. The summed E-state index contributed by atoms with van der Waals surface area (Å²) in [6.07, 6.45) is 5.59. The Hall–Kier alpha value is -3.62. The molecule has 0 radical (unpaired) electrons. The van der Waals surface area contributed by atoms with Crippen molar-refractivity contribution in [1.29, 1.82) is 0 Å². The zero-order valence-corrected chi connectivity index (χ0v) is 21.5. The molecule has 37 heavy (non-hydrogen) atoms. The van der Waals surface area contributed by atoms with E-state index in [9.17, 15) is 9.90 Å². The fraction of sp³-hybridized carbons (Fsp3) is 0.379. The molecule has 3 N–H and O–H groups in total. The van der Waals surface area contributed by atoms with Crippen molar-refractivity contribution >= 4 is 16.8 Å². The number of rotatable bonds is 7. The van der Waals surface area contributed by atoms with Crippen LogP contribution in [-0.2, 0) is 11.4 Å². The van der Waals surface area contributed by atoms with Crippen molar-refractivity contribution in [2.45, 2.75) is 58.1 Å². The summed E-state index contributed by atoms with van der Waals surface area (Å²) in [6.45, 7) is 5.13. The lowest BCUT2D eigenvalue weighted by Crippen LogP contribution is -2.36. The Bertz CT molecular complexity index is 1410. The van der Waals surface area contributed by atoms with Gasteiger partial charge in [0.25, 0.3) is 0 Å². The van der Waals surface area contributed by atoms with Gasteiger partial charge in [0.2, 0.25) is 5.91 Å². The number of aliphatic hydroxyl groups is 1. The minimum Gasteiger partial charge on any atom is -0.390 e. The molecule has 1 aromatic carbocycles. The summed E-state index contributed by atoms with van der Waals surface area (Å²) in [6, 6.07) is 15.9. The molecule has 1 atom stereocenters. The Morgan fingerprint density at radius 3 is 2.65 bits per heavy atom. The lowest BCUT2D eigenvalue weighted by atomic mass is 9.86. The van der Waals surface area contributed by atoms with Crippen LogP contribution in [0.15, 0.2) is 54.7 Å². The van der Waals surface area contributed by atoms with Crippen LogP contribution in [0.25, 0.3) is 28.0 Å². The molecule has 1 amide bonds. The maximum absolute atomic E-state index is 11.9. The first-order valence-corrected chi connectivity index (χ1v) is 13.1. The average molecular weight is 499 g/mol. The van der Waals surface area contributed by atoms with Gasteiger partial charge in [0.05, 0.1) is 35.4 Å². The van der Waals surface area contributed by atoms with Gasteiger partial charge in [-0.1, -0.05) is 25.5 Å². The van der Waals surface area contributed by atoms with E-state index in [0.29, 0.717) is 17.4 Å². The largest absolute Gasteiger partial charge is 0.390 e. The number of amides is 1. The first-order chi connectivity index (χ1) is 18.0. The van der Waals surface area contributed by atoms with E-state index in [4.69, 9.17) is 15.8 Å². The van der Waals surface area contributed by atoms with Crippen molar-refractivity contribution in [2.75, 3.05) is 13.1 Å². The Kier molecular flexibility index (Phi) is 7.30. The molecule has 1 unspecified atom stereocenters. The maximum Gasteiger partial charge on any atom is 0.219 e. The molecule has 0 bridgehead atoms. The molecule has 0 spiro atoms. The first kappa shape index (κ1) is 25.0. The number of nitrogens with two attached hydrogens (primary N) is 1. The molecule has 8 heteroatoms. The van der Waals surface area contributed by atoms with Crippen molar-refractivity contribution in [2.24, 2.45) is 5.73 Å². The summed E-state index contributed by atoms with van der Waals surface area (Å²) >= 11 is 0. The van der Waals surface area contributed by atoms with Gasteiger partial charge in [-0.05, 0) is 67.1 Å². The fourth-order valence-electron chi connectivity index (χ4n) is 5.28. The summed E-state index contributed by atoms with van der Waals surface area (Å²) in [5.41, 5.74) is 11.9. The molecule has 3 aromatic heterocycles. The molecular weight excluding hydrogens is 464 g/mol. The Morgan fingerprint density at radius 2 is 1.92 bits per heavy atom. The molecule has 1 aliphatic heterocycles. The number of hydrogen-bond acceptors (Lipinski definition) is 6. The first-order valence-electron chi connectivity index (χ1n) is 13.1. The van der Waals surface area contributed by atoms with E-state index in [1.807, 2.05) is 46.1 Å². The number of carbonyl (C=O) groups excluding carboxylic acids is 1. The van der Waals surface area contributed by atoms with E-state index in [2.05, 4.69) is 24.0 Å². The number of fused-ring (bicyclic) bond motifs is 1. The second kappa shape index (κ2) is 10.8. The number of aromatic nitrogens is 4. The smallest absolute Gasteiger partial charge is 0.219 e. The summed E-state index contributed by atoms with van der Waals surface area (Å²) in [4.78, 5) is 23.4. The molecule has 1 saturated heterocycles. The zero-order chi connectivity index (χ0) is 25.9. The van der Waals surface area contributed by atoms with Crippen LogP contribution in [-0.4, -0.2) is 48.8 Å². The van der Waals surface area contributed by atoms with Gasteiger partial charge >= 0.3 is 0 Å². The predicted octanol–water partition coefficient (Wildman–Crippen LogP) is 4.50. The molecule has 0 aliphatic carbocycles. The van der Waals surface area contributed by atoms with Gasteiger partial charge in [0.1, 0.15) is 0 Å². The van der Waals surface area contributed by atoms with E-state index in [1.165, 1.54) is 5.56 Å². The quantitative estimate of drug-likeness (QED) is 0.388. The molecule has 0 saturated carbocycles. The van der Waals surface area contributed by atoms with Gasteiger partial charge in [-0.2, -0.15) is 5.10 Å². The minimum atomic E-state index is -0.132. The summed E-state index contributed by atoms with van der Waals surface area (Å²) in [5, 5.41) is 15.4. The number of nitrogens with zero attached hydrogens (tertiary/aromatic N) is 5. The van der Waals surface area contributed by atoms with E-state index < -0.39 is 0 Å². The van der Waals surface area contributed by atoms with E-state index >= 15 is 0 Å². The van der Waals surface area contributed by atoms with Gasteiger partial charge in [0, 0.05) is 37.0 Å². The summed E-state index contributed by atoms with van der Waals surface area (Å²) in [7, 11) is 0. The highest BCUT2D eigenvalue weighted by Crippen LogP contribution is 2.37. The number of carbonyl (C=O) groups is 1. The fourth-order valence-corrected chi connectivity index (χ4v) is 5.28. The molecule has 4 heterocycles. The molecular formula is C29H34N6O2.